The quantitative estimate of drug-likeness (QED) is 0.543. The van der Waals surface area contributed by atoms with Gasteiger partial charge in [-0.15, -0.1) is 0 Å². The van der Waals surface area contributed by atoms with Crippen molar-refractivity contribution in [1.29, 1.82) is 0 Å². The Bertz CT molecular complexity index is 862. The van der Waals surface area contributed by atoms with Crippen molar-refractivity contribution < 1.29 is 23.8 Å². The minimum Gasteiger partial charge on any atom is -0.321 e. The second-order valence-corrected chi connectivity index (χ2v) is 7.78. The van der Waals surface area contributed by atoms with Crippen LogP contribution in [0.4, 0.5) is 15.8 Å². The van der Waals surface area contributed by atoms with E-state index in [0.717, 1.165) is 43.0 Å². The highest BCUT2D eigenvalue weighted by molar-refractivity contribution is 5.92. The van der Waals surface area contributed by atoms with Gasteiger partial charge < -0.3 is 20.4 Å². The number of halogens is 1. The van der Waals surface area contributed by atoms with Gasteiger partial charge in [0.1, 0.15) is 32.0 Å². The van der Waals surface area contributed by atoms with Gasteiger partial charge in [-0.3, -0.25) is 9.59 Å². The van der Waals surface area contributed by atoms with Crippen molar-refractivity contribution in [2.45, 2.75) is 13.8 Å². The molecule has 6 nitrogen and oxygen atoms in total. The molecule has 3 rings (SSSR count). The number of carbonyl (C=O) groups is 2. The molecule has 1 fully saturated rings. The highest BCUT2D eigenvalue weighted by Crippen LogP contribution is 2.15. The third kappa shape index (κ3) is 6.37. The number of aryl methyl sites for hydroxylation is 2. The highest BCUT2D eigenvalue weighted by atomic mass is 19.1. The van der Waals surface area contributed by atoms with Gasteiger partial charge in [-0.2, -0.15) is 0 Å². The number of benzene rings is 2. The topological polar surface area (TPSA) is 67.1 Å². The van der Waals surface area contributed by atoms with Gasteiger partial charge in [0.15, 0.2) is 13.1 Å². The Morgan fingerprint density at radius 3 is 2.00 bits per heavy atom. The second kappa shape index (κ2) is 9.62. The van der Waals surface area contributed by atoms with Gasteiger partial charge in [0.05, 0.1) is 0 Å². The lowest BCUT2D eigenvalue weighted by atomic mass is 10.1. The fraction of sp³-hybridized carbons (Fsp3) is 0.364. The van der Waals surface area contributed by atoms with Crippen LogP contribution in [0.1, 0.15) is 11.1 Å². The van der Waals surface area contributed by atoms with Crippen LogP contribution >= 0.6 is 0 Å². The van der Waals surface area contributed by atoms with Gasteiger partial charge in [0.2, 0.25) is 0 Å². The first-order chi connectivity index (χ1) is 13.9. The molecule has 0 aliphatic carbocycles. The number of anilines is 2. The van der Waals surface area contributed by atoms with Crippen LogP contribution in [0.5, 0.6) is 0 Å². The molecule has 7 heteroatoms. The Labute approximate surface area is 170 Å². The predicted octanol–water partition coefficient (Wildman–Crippen LogP) is -0.197. The molecule has 154 valence electrons. The van der Waals surface area contributed by atoms with Crippen LogP contribution in [-0.4, -0.2) is 51.1 Å². The molecular formula is C22H29FN4O2+2. The summed E-state index contributed by atoms with van der Waals surface area (Å²) in [7, 11) is 0. The summed E-state index contributed by atoms with van der Waals surface area (Å²) in [5.41, 5.74) is 3.65. The summed E-state index contributed by atoms with van der Waals surface area (Å²) in [6, 6.07) is 11.8. The number of hydrogen-bond acceptors (Lipinski definition) is 2. The van der Waals surface area contributed by atoms with Gasteiger partial charge in [-0.25, -0.2) is 4.39 Å². The molecule has 1 heterocycles. The number of amides is 2. The Kier molecular flexibility index (Phi) is 6.95. The van der Waals surface area contributed by atoms with Gasteiger partial charge in [0, 0.05) is 11.4 Å². The maximum absolute atomic E-state index is 12.9. The Morgan fingerprint density at radius 1 is 0.862 bits per heavy atom. The Morgan fingerprint density at radius 2 is 1.41 bits per heavy atom. The van der Waals surface area contributed by atoms with Crippen molar-refractivity contribution in [3.63, 3.8) is 0 Å². The van der Waals surface area contributed by atoms with Crippen LogP contribution in [0.25, 0.3) is 0 Å². The van der Waals surface area contributed by atoms with E-state index in [1.165, 1.54) is 21.9 Å². The average Bonchev–Trinajstić information content (AvgIpc) is 2.68. The van der Waals surface area contributed by atoms with E-state index >= 15 is 0 Å². The first-order valence-corrected chi connectivity index (χ1v) is 9.99. The van der Waals surface area contributed by atoms with E-state index < -0.39 is 0 Å². The molecule has 1 aliphatic heterocycles. The molecular weight excluding hydrogens is 371 g/mol. The second-order valence-electron chi connectivity index (χ2n) is 7.78. The number of carbonyl (C=O) groups excluding carboxylic acids is 2. The summed E-state index contributed by atoms with van der Waals surface area (Å²) in [6.45, 7) is 8.17. The third-order valence-corrected chi connectivity index (χ3v) is 5.28. The standard InChI is InChI=1S/C22H27FN4O2/c1-16-3-4-17(2)20(13-16)25-22(29)15-27-11-9-26(10-12-27)14-21(28)24-19-7-5-18(23)6-8-19/h3-8,13H,9-12,14-15H2,1-2H3,(H,24,28)(H,25,29)/p+2. The first-order valence-electron chi connectivity index (χ1n) is 9.99. The van der Waals surface area contributed by atoms with Gasteiger partial charge in [-0.1, -0.05) is 12.1 Å². The minimum atomic E-state index is -0.325. The lowest BCUT2D eigenvalue weighted by Crippen LogP contribution is -3.28. The molecule has 2 aromatic rings. The van der Waals surface area contributed by atoms with Crippen molar-refractivity contribution in [2.75, 3.05) is 49.9 Å². The van der Waals surface area contributed by atoms with Crippen LogP contribution in [-0.2, 0) is 9.59 Å². The molecule has 0 radical (unpaired) electrons. The summed E-state index contributed by atoms with van der Waals surface area (Å²) in [6.07, 6.45) is 0. The maximum atomic E-state index is 12.9. The normalized spacial score (nSPS) is 18.9. The number of piperazine rings is 1. The zero-order valence-electron chi connectivity index (χ0n) is 17.0. The monoisotopic (exact) mass is 400 g/mol. The van der Waals surface area contributed by atoms with Crippen LogP contribution < -0.4 is 20.4 Å². The van der Waals surface area contributed by atoms with Crippen LogP contribution in [0, 0.1) is 19.7 Å². The van der Waals surface area contributed by atoms with Crippen LogP contribution in [0.3, 0.4) is 0 Å². The molecule has 1 aliphatic rings. The van der Waals surface area contributed by atoms with Crippen molar-refractivity contribution in [1.82, 2.24) is 0 Å². The highest BCUT2D eigenvalue weighted by Gasteiger charge is 2.26. The Hall–Kier alpha value is -2.77. The van der Waals surface area contributed by atoms with E-state index in [0.29, 0.717) is 18.8 Å². The van der Waals surface area contributed by atoms with Gasteiger partial charge >= 0.3 is 0 Å². The first kappa shape index (κ1) is 21.0. The summed E-state index contributed by atoms with van der Waals surface area (Å²) in [5.74, 6) is -0.386. The number of nitrogens with one attached hydrogen (secondary N) is 4. The smallest absolute Gasteiger partial charge is 0.279 e. The van der Waals surface area contributed by atoms with E-state index in [9.17, 15) is 14.0 Å². The maximum Gasteiger partial charge on any atom is 0.279 e. The number of rotatable bonds is 6. The average molecular weight is 400 g/mol. The molecule has 2 amide bonds. The zero-order valence-corrected chi connectivity index (χ0v) is 17.0. The fourth-order valence-electron chi connectivity index (χ4n) is 3.57. The van der Waals surface area contributed by atoms with Crippen molar-refractivity contribution in [3.8, 4) is 0 Å². The van der Waals surface area contributed by atoms with Crippen molar-refractivity contribution >= 4 is 23.2 Å². The molecule has 0 aromatic heterocycles. The number of hydrogen-bond donors (Lipinski definition) is 4. The summed E-state index contributed by atoms with van der Waals surface area (Å²) < 4.78 is 12.9. The Balaban J connectivity index is 1.40. The minimum absolute atomic E-state index is 0.0196. The van der Waals surface area contributed by atoms with E-state index in [1.807, 2.05) is 32.0 Å². The van der Waals surface area contributed by atoms with Gasteiger partial charge in [-0.05, 0) is 55.3 Å². The van der Waals surface area contributed by atoms with E-state index in [1.54, 1.807) is 12.1 Å². The predicted molar refractivity (Wildman–Crippen MR) is 111 cm³/mol. The molecule has 0 bridgehead atoms. The van der Waals surface area contributed by atoms with E-state index in [2.05, 4.69) is 10.6 Å². The zero-order chi connectivity index (χ0) is 20.8. The summed E-state index contributed by atoms with van der Waals surface area (Å²) in [5, 5.41) is 5.82. The largest absolute Gasteiger partial charge is 0.321 e. The molecule has 0 spiro atoms. The molecule has 1 saturated heterocycles. The van der Waals surface area contributed by atoms with Crippen molar-refractivity contribution in [2.24, 2.45) is 0 Å². The lowest BCUT2D eigenvalue weighted by molar-refractivity contribution is -1.00. The molecule has 29 heavy (non-hydrogen) atoms. The van der Waals surface area contributed by atoms with Crippen LogP contribution in [0.2, 0.25) is 0 Å². The fourth-order valence-corrected chi connectivity index (χ4v) is 3.57. The molecule has 0 unspecified atom stereocenters. The molecule has 2 aromatic carbocycles. The molecule has 0 saturated carbocycles. The van der Waals surface area contributed by atoms with Crippen LogP contribution in [0.15, 0.2) is 42.5 Å². The molecule has 4 N–H and O–H groups in total. The van der Waals surface area contributed by atoms with E-state index in [-0.39, 0.29) is 17.6 Å². The SMILES string of the molecule is Cc1ccc(C)c(NC(=O)C[NH+]2CC[NH+](CC(=O)Nc3ccc(F)cc3)CC2)c1. The van der Waals surface area contributed by atoms with E-state index in [4.69, 9.17) is 0 Å². The van der Waals surface area contributed by atoms with Gasteiger partial charge in [0.25, 0.3) is 11.8 Å². The molecule has 0 atom stereocenters. The lowest BCUT2D eigenvalue weighted by Gasteiger charge is -2.29. The number of quaternary nitrogens is 2. The summed E-state index contributed by atoms with van der Waals surface area (Å²) in [4.78, 5) is 27.0. The summed E-state index contributed by atoms with van der Waals surface area (Å²) >= 11 is 0. The third-order valence-electron chi connectivity index (χ3n) is 5.28. The van der Waals surface area contributed by atoms with Crippen molar-refractivity contribution in [3.05, 3.63) is 59.4 Å².